The van der Waals surface area contributed by atoms with Crippen LogP contribution in [0.1, 0.15) is 0 Å². The molecule has 0 heterocycles. The van der Waals surface area contributed by atoms with Crippen molar-refractivity contribution < 1.29 is 0 Å². The summed E-state index contributed by atoms with van der Waals surface area (Å²) < 4.78 is 2.13. The molecule has 0 bridgehead atoms. The Bertz CT molecular complexity index is 108. The fourth-order valence-corrected chi connectivity index (χ4v) is 0. The maximum atomic E-state index is 3.44. The Balaban J connectivity index is 0. The van der Waals surface area contributed by atoms with Gasteiger partial charge < -0.3 is 4.23 Å². The van der Waals surface area contributed by atoms with E-state index in [1.54, 1.807) is 12.2 Å². The molecule has 0 aliphatic carbocycles. The summed E-state index contributed by atoms with van der Waals surface area (Å²) in [6, 6.07) is 0. The molecule has 0 aromatic carbocycles. The molecule has 0 atom stereocenters. The van der Waals surface area contributed by atoms with Crippen molar-refractivity contribution in [3.8, 4) is 0 Å². The van der Waals surface area contributed by atoms with E-state index in [1.165, 1.54) is 0 Å². The number of rotatable bonds is 2. The Morgan fingerprint density at radius 2 is 1.36 bits per heavy atom. The molecular weight excluding hydrogens is 166 g/mol. The monoisotopic (exact) mass is 184 g/mol. The third-order valence-electron chi connectivity index (χ3n) is 1.17. The van der Waals surface area contributed by atoms with Crippen molar-refractivity contribution in [1.29, 1.82) is 0 Å². The van der Waals surface area contributed by atoms with Crippen molar-refractivity contribution in [2.45, 2.75) is 19.6 Å². The molecule has 0 aromatic rings. The van der Waals surface area contributed by atoms with Crippen LogP contribution in [0, 0.1) is 0 Å². The summed E-state index contributed by atoms with van der Waals surface area (Å²) in [6.45, 7) is 13.6. The third-order valence-corrected chi connectivity index (χ3v) is 5.20. The third kappa shape index (κ3) is 13.0. The van der Waals surface area contributed by atoms with Crippen molar-refractivity contribution in [2.24, 2.45) is 0 Å². The average Bonchev–Trinajstić information content (AvgIpc) is 1.87. The number of hydrogen-bond acceptors (Lipinski definition) is 1. The Morgan fingerprint density at radius 1 is 1.18 bits per heavy atom. The van der Waals surface area contributed by atoms with Crippen molar-refractivity contribution in [2.75, 3.05) is 7.05 Å². The highest BCUT2D eigenvalue weighted by molar-refractivity contribution is 6.76. The van der Waals surface area contributed by atoms with E-state index >= 15 is 0 Å². The lowest BCUT2D eigenvalue weighted by atomic mass is 10.6. The van der Waals surface area contributed by atoms with Crippen LogP contribution in [-0.2, 0) is 0 Å². The topological polar surface area (TPSA) is 3.24 Å². The number of allylic oxidation sites excluding steroid dienone is 2. The van der Waals surface area contributed by atoms with Gasteiger partial charge in [0.2, 0.25) is 0 Å². The van der Waals surface area contributed by atoms with E-state index in [9.17, 15) is 0 Å². The van der Waals surface area contributed by atoms with E-state index in [1.807, 2.05) is 0 Å². The maximum Gasteiger partial charge on any atom is 0.135 e. The van der Waals surface area contributed by atoms with Crippen LogP contribution in [0.25, 0.3) is 0 Å². The Kier molecular flexibility index (Phi) is 8.05. The smallest absolute Gasteiger partial charge is 0.135 e. The fraction of sp³-hybridized carbons (Fsp3) is 0.500. The summed E-state index contributed by atoms with van der Waals surface area (Å²) in [6.07, 6.45) is 3.28. The molecule has 0 unspecified atom stereocenters. The van der Waals surface area contributed by atoms with Crippen LogP contribution in [0.15, 0.2) is 25.3 Å². The van der Waals surface area contributed by atoms with Crippen LogP contribution in [-0.4, -0.2) is 29.9 Å². The van der Waals surface area contributed by atoms with E-state index < -0.39 is 8.24 Å². The normalized spacial score (nSPS) is 10.0. The predicted molar refractivity (Wildman–Crippen MR) is 57.3 cm³/mol. The zero-order valence-corrected chi connectivity index (χ0v) is 10.0. The summed E-state index contributed by atoms with van der Waals surface area (Å²) in [4.78, 5) is 0. The SMILES string of the molecule is C=CC=C.CN([Si])[Si](C)(C)C. The molecular formula is C8H18NSi2. The second-order valence-electron chi connectivity index (χ2n) is 3.20. The summed E-state index contributed by atoms with van der Waals surface area (Å²) >= 11 is 0. The summed E-state index contributed by atoms with van der Waals surface area (Å²) in [5, 5.41) is 0. The van der Waals surface area contributed by atoms with Crippen LogP contribution in [0.2, 0.25) is 19.6 Å². The first kappa shape index (κ1) is 13.5. The van der Waals surface area contributed by atoms with Gasteiger partial charge in [0, 0.05) is 0 Å². The van der Waals surface area contributed by atoms with Crippen LogP contribution in [0.3, 0.4) is 0 Å². The largest absolute Gasteiger partial charge is 0.352 e. The highest BCUT2D eigenvalue weighted by atomic mass is 28.4. The molecule has 0 aliphatic rings. The molecule has 0 spiro atoms. The zero-order chi connectivity index (χ0) is 9.49. The van der Waals surface area contributed by atoms with E-state index in [0.29, 0.717) is 0 Å². The van der Waals surface area contributed by atoms with Gasteiger partial charge in [-0.3, -0.25) is 0 Å². The van der Waals surface area contributed by atoms with Gasteiger partial charge in [0.15, 0.2) is 0 Å². The minimum atomic E-state index is -0.988. The molecule has 0 N–H and O–H groups in total. The van der Waals surface area contributed by atoms with E-state index in [2.05, 4.69) is 54.5 Å². The summed E-state index contributed by atoms with van der Waals surface area (Å²) in [5.74, 6) is 0. The van der Waals surface area contributed by atoms with Gasteiger partial charge >= 0.3 is 0 Å². The van der Waals surface area contributed by atoms with Gasteiger partial charge in [-0.15, -0.1) is 0 Å². The van der Waals surface area contributed by atoms with Gasteiger partial charge in [0.25, 0.3) is 0 Å². The highest BCUT2D eigenvalue weighted by Crippen LogP contribution is 2.00. The van der Waals surface area contributed by atoms with Gasteiger partial charge in [-0.2, -0.15) is 0 Å². The lowest BCUT2D eigenvalue weighted by molar-refractivity contribution is 0.820. The lowest BCUT2D eigenvalue weighted by Gasteiger charge is -2.24. The van der Waals surface area contributed by atoms with Crippen LogP contribution in [0.5, 0.6) is 0 Å². The quantitative estimate of drug-likeness (QED) is 0.470. The zero-order valence-electron chi connectivity index (χ0n) is 8.02. The molecule has 1 nitrogen and oxygen atoms in total. The van der Waals surface area contributed by atoms with Crippen molar-refractivity contribution in [3.63, 3.8) is 0 Å². The molecule has 0 amide bonds. The fourth-order valence-electron chi connectivity index (χ4n) is 0. The molecule has 63 valence electrons. The maximum absolute atomic E-state index is 3.44. The van der Waals surface area contributed by atoms with Crippen LogP contribution in [0.4, 0.5) is 0 Å². The van der Waals surface area contributed by atoms with Gasteiger partial charge in [-0.1, -0.05) is 45.0 Å². The molecule has 0 saturated carbocycles. The lowest BCUT2D eigenvalue weighted by Crippen LogP contribution is -2.40. The molecule has 3 heteroatoms. The predicted octanol–water partition coefficient (Wildman–Crippen LogP) is 2.20. The molecule has 0 saturated heterocycles. The van der Waals surface area contributed by atoms with Crippen molar-refractivity contribution >= 4 is 18.6 Å². The number of hydrogen-bond donors (Lipinski definition) is 0. The van der Waals surface area contributed by atoms with E-state index in [-0.39, 0.29) is 0 Å². The van der Waals surface area contributed by atoms with Gasteiger partial charge in [-0.05, 0) is 7.05 Å². The Hall–Kier alpha value is -0.126. The van der Waals surface area contributed by atoms with Crippen molar-refractivity contribution in [3.05, 3.63) is 25.3 Å². The molecule has 0 aliphatic heterocycles. The summed E-state index contributed by atoms with van der Waals surface area (Å²) in [7, 11) is 4.51. The molecule has 3 radical (unpaired) electrons. The van der Waals surface area contributed by atoms with Crippen LogP contribution >= 0.6 is 0 Å². The molecule has 0 aromatic heterocycles. The number of nitrogens with zero attached hydrogens (tertiary/aromatic N) is 1. The van der Waals surface area contributed by atoms with E-state index in [4.69, 9.17) is 0 Å². The second-order valence-corrected chi connectivity index (χ2v) is 9.33. The first-order chi connectivity index (χ1) is 4.86. The Labute approximate surface area is 75.4 Å². The molecule has 11 heavy (non-hydrogen) atoms. The van der Waals surface area contributed by atoms with Gasteiger partial charge in [-0.25, -0.2) is 0 Å². The van der Waals surface area contributed by atoms with Crippen LogP contribution < -0.4 is 0 Å². The minimum absolute atomic E-state index is 0.988. The second kappa shape index (κ2) is 6.58. The first-order valence-electron chi connectivity index (χ1n) is 3.54. The Morgan fingerprint density at radius 3 is 1.36 bits per heavy atom. The minimum Gasteiger partial charge on any atom is -0.352 e. The van der Waals surface area contributed by atoms with E-state index in [0.717, 1.165) is 0 Å². The van der Waals surface area contributed by atoms with Crippen molar-refractivity contribution in [1.82, 2.24) is 4.23 Å². The highest BCUT2D eigenvalue weighted by Gasteiger charge is 2.14. The standard InChI is InChI=1S/C4H12NSi2.C4H6/c1-5(6)7(2,3)4;1-3-4-2/h1-4H3;3-4H,1-2H2. The molecule has 0 fully saturated rings. The van der Waals surface area contributed by atoms with Gasteiger partial charge in [0.1, 0.15) is 18.6 Å². The molecule has 0 rings (SSSR count). The average molecular weight is 184 g/mol. The van der Waals surface area contributed by atoms with Gasteiger partial charge in [0.05, 0.1) is 0 Å². The first-order valence-corrected chi connectivity index (χ1v) is 7.44. The summed E-state index contributed by atoms with van der Waals surface area (Å²) in [5.41, 5.74) is 0.